The van der Waals surface area contributed by atoms with Gasteiger partial charge >= 0.3 is 0 Å². The molecule has 0 bridgehead atoms. The molecule has 0 aliphatic heterocycles. The van der Waals surface area contributed by atoms with E-state index in [-0.39, 0.29) is 0 Å². The van der Waals surface area contributed by atoms with Crippen LogP contribution in [0.15, 0.2) is 41.4 Å². The quantitative estimate of drug-likeness (QED) is 0.812. The minimum Gasteiger partial charge on any atom is -0.456 e. The molecule has 0 amide bonds. The summed E-state index contributed by atoms with van der Waals surface area (Å²) in [7, 11) is 0. The number of hydrogen-bond donors (Lipinski definition) is 1. The van der Waals surface area contributed by atoms with Crippen molar-refractivity contribution in [2.45, 2.75) is 37.2 Å². The molecule has 0 radical (unpaired) electrons. The van der Waals surface area contributed by atoms with Crippen molar-refractivity contribution in [1.29, 1.82) is 0 Å². The number of benzene rings is 1. The van der Waals surface area contributed by atoms with E-state index in [2.05, 4.69) is 22.6 Å². The van der Waals surface area contributed by atoms with Crippen LogP contribution in [0.1, 0.15) is 24.1 Å². The van der Waals surface area contributed by atoms with E-state index in [1.54, 1.807) is 11.8 Å². The third-order valence-corrected chi connectivity index (χ3v) is 4.31. The maximum Gasteiger partial charge on any atom is 0.140 e. The summed E-state index contributed by atoms with van der Waals surface area (Å²) in [5.74, 6) is 1.81. The molecule has 3 rings (SSSR count). The van der Waals surface area contributed by atoms with Gasteiger partial charge in [0, 0.05) is 41.0 Å². The van der Waals surface area contributed by atoms with Gasteiger partial charge in [-0.2, -0.15) is 0 Å². The van der Waals surface area contributed by atoms with Gasteiger partial charge in [-0.3, -0.25) is 4.98 Å². The van der Waals surface area contributed by atoms with Gasteiger partial charge in [0.1, 0.15) is 11.5 Å². The second kappa shape index (κ2) is 6.50. The van der Waals surface area contributed by atoms with E-state index in [0.29, 0.717) is 6.04 Å². The normalized spacial score (nSPS) is 14.2. The van der Waals surface area contributed by atoms with Crippen molar-refractivity contribution in [3.63, 3.8) is 0 Å². The van der Waals surface area contributed by atoms with E-state index in [4.69, 9.17) is 4.74 Å². The summed E-state index contributed by atoms with van der Waals surface area (Å²) in [6.07, 6.45) is 6.55. The molecule has 110 valence electrons. The van der Waals surface area contributed by atoms with Gasteiger partial charge in [-0.15, -0.1) is 11.8 Å². The largest absolute Gasteiger partial charge is 0.456 e. The molecular formula is C17H20N2OS. The number of para-hydroxylation sites is 1. The first kappa shape index (κ1) is 14.4. The highest BCUT2D eigenvalue weighted by molar-refractivity contribution is 7.98. The van der Waals surface area contributed by atoms with Crippen molar-refractivity contribution in [3.8, 4) is 11.5 Å². The predicted molar refractivity (Wildman–Crippen MR) is 87.1 cm³/mol. The lowest BCUT2D eigenvalue weighted by Crippen LogP contribution is -2.16. The highest BCUT2D eigenvalue weighted by Gasteiger charge is 2.21. The summed E-state index contributed by atoms with van der Waals surface area (Å²) in [5, 5.41) is 3.52. The third-order valence-electron chi connectivity index (χ3n) is 3.53. The zero-order chi connectivity index (χ0) is 14.7. The number of thioether (sulfide) groups is 1. The predicted octanol–water partition coefficient (Wildman–Crippen LogP) is 4.16. The van der Waals surface area contributed by atoms with Crippen molar-refractivity contribution in [1.82, 2.24) is 10.3 Å². The molecule has 1 aliphatic rings. The molecule has 2 aromatic rings. The molecule has 0 saturated heterocycles. The van der Waals surface area contributed by atoms with Crippen LogP contribution in [0.3, 0.4) is 0 Å². The summed E-state index contributed by atoms with van der Waals surface area (Å²) in [5.41, 5.74) is 2.09. The van der Waals surface area contributed by atoms with Crippen molar-refractivity contribution >= 4 is 11.8 Å². The van der Waals surface area contributed by atoms with E-state index in [1.165, 1.54) is 12.8 Å². The molecule has 1 aliphatic carbocycles. The van der Waals surface area contributed by atoms with Gasteiger partial charge in [0.2, 0.25) is 0 Å². The van der Waals surface area contributed by atoms with Crippen LogP contribution >= 0.6 is 11.8 Å². The molecule has 1 saturated carbocycles. The molecule has 21 heavy (non-hydrogen) atoms. The van der Waals surface area contributed by atoms with E-state index >= 15 is 0 Å². The number of ether oxygens (including phenoxy) is 1. The molecule has 0 unspecified atom stereocenters. The molecule has 0 spiro atoms. The van der Waals surface area contributed by atoms with Gasteiger partial charge in [0.15, 0.2) is 0 Å². The van der Waals surface area contributed by atoms with Crippen molar-refractivity contribution in [2.24, 2.45) is 0 Å². The molecule has 1 fully saturated rings. The lowest BCUT2D eigenvalue weighted by molar-refractivity contribution is 0.460. The van der Waals surface area contributed by atoms with Gasteiger partial charge in [-0.1, -0.05) is 12.1 Å². The lowest BCUT2D eigenvalue weighted by Gasteiger charge is -2.14. The van der Waals surface area contributed by atoms with Gasteiger partial charge in [-0.05, 0) is 38.2 Å². The third kappa shape index (κ3) is 3.77. The first-order valence-electron chi connectivity index (χ1n) is 7.26. The molecule has 0 atom stereocenters. The Hall–Kier alpha value is -1.52. The molecule has 1 heterocycles. The maximum absolute atomic E-state index is 6.16. The number of aryl methyl sites for hydroxylation is 1. The van der Waals surface area contributed by atoms with Crippen LogP contribution in [-0.4, -0.2) is 17.3 Å². The Bertz CT molecular complexity index is 626. The SMILES string of the molecule is CSc1ccccc1Oc1cc(C)ncc1CNC1CC1. The van der Waals surface area contributed by atoms with E-state index in [1.807, 2.05) is 37.4 Å². The molecule has 3 nitrogen and oxygen atoms in total. The van der Waals surface area contributed by atoms with Crippen LogP contribution in [0.4, 0.5) is 0 Å². The van der Waals surface area contributed by atoms with Crippen LogP contribution < -0.4 is 10.1 Å². The topological polar surface area (TPSA) is 34.1 Å². The maximum atomic E-state index is 6.16. The van der Waals surface area contributed by atoms with Crippen LogP contribution in [0, 0.1) is 6.92 Å². The van der Waals surface area contributed by atoms with Crippen molar-refractivity contribution in [3.05, 3.63) is 47.8 Å². The fraction of sp³-hybridized carbons (Fsp3) is 0.353. The Kier molecular flexibility index (Phi) is 4.46. The summed E-state index contributed by atoms with van der Waals surface area (Å²) < 4.78 is 6.16. The Morgan fingerprint density at radius 3 is 2.86 bits per heavy atom. The summed E-state index contributed by atoms with van der Waals surface area (Å²) in [4.78, 5) is 5.54. The number of nitrogens with one attached hydrogen (secondary N) is 1. The number of pyridine rings is 1. The second-order valence-corrected chi connectivity index (χ2v) is 6.19. The van der Waals surface area contributed by atoms with Crippen LogP contribution in [-0.2, 0) is 6.54 Å². The molecule has 1 aromatic heterocycles. The Morgan fingerprint density at radius 1 is 1.29 bits per heavy atom. The summed E-state index contributed by atoms with van der Waals surface area (Å²) in [6.45, 7) is 2.81. The molecular weight excluding hydrogens is 280 g/mol. The minimum absolute atomic E-state index is 0.678. The number of rotatable bonds is 6. The van der Waals surface area contributed by atoms with Gasteiger partial charge < -0.3 is 10.1 Å². The molecule has 4 heteroatoms. The Morgan fingerprint density at radius 2 is 2.10 bits per heavy atom. The van der Waals surface area contributed by atoms with Gasteiger partial charge in [0.05, 0.1) is 0 Å². The fourth-order valence-corrected chi connectivity index (χ4v) is 2.68. The molecule has 1 N–H and O–H groups in total. The summed E-state index contributed by atoms with van der Waals surface area (Å²) in [6, 6.07) is 10.8. The van der Waals surface area contributed by atoms with Crippen LogP contribution in [0.25, 0.3) is 0 Å². The number of hydrogen-bond acceptors (Lipinski definition) is 4. The van der Waals surface area contributed by atoms with Gasteiger partial charge in [-0.25, -0.2) is 0 Å². The Balaban J connectivity index is 1.83. The van der Waals surface area contributed by atoms with E-state index in [9.17, 15) is 0 Å². The van der Waals surface area contributed by atoms with Crippen molar-refractivity contribution in [2.75, 3.05) is 6.26 Å². The van der Waals surface area contributed by atoms with Crippen LogP contribution in [0.2, 0.25) is 0 Å². The smallest absolute Gasteiger partial charge is 0.140 e. The number of nitrogens with zero attached hydrogens (tertiary/aromatic N) is 1. The van der Waals surface area contributed by atoms with Gasteiger partial charge in [0.25, 0.3) is 0 Å². The zero-order valence-corrected chi connectivity index (χ0v) is 13.2. The van der Waals surface area contributed by atoms with E-state index in [0.717, 1.165) is 34.2 Å². The fourth-order valence-electron chi connectivity index (χ4n) is 2.15. The van der Waals surface area contributed by atoms with Crippen LogP contribution in [0.5, 0.6) is 11.5 Å². The average molecular weight is 300 g/mol. The summed E-state index contributed by atoms with van der Waals surface area (Å²) >= 11 is 1.70. The number of aromatic nitrogens is 1. The average Bonchev–Trinajstić information content (AvgIpc) is 3.31. The Labute approximate surface area is 130 Å². The lowest BCUT2D eigenvalue weighted by atomic mass is 10.2. The van der Waals surface area contributed by atoms with E-state index < -0.39 is 0 Å². The molecule has 1 aromatic carbocycles. The first-order chi connectivity index (χ1) is 10.3. The zero-order valence-electron chi connectivity index (χ0n) is 12.4. The highest BCUT2D eigenvalue weighted by Crippen LogP contribution is 2.33. The second-order valence-electron chi connectivity index (χ2n) is 5.34. The van der Waals surface area contributed by atoms with Crippen molar-refractivity contribution < 1.29 is 4.74 Å². The standard InChI is InChI=1S/C17H20N2OS/c1-12-9-16(13(10-18-12)11-19-14-7-8-14)20-15-5-3-4-6-17(15)21-2/h3-6,9-10,14,19H,7-8,11H2,1-2H3. The monoisotopic (exact) mass is 300 g/mol. The first-order valence-corrected chi connectivity index (χ1v) is 8.48. The highest BCUT2D eigenvalue weighted by atomic mass is 32.2. The minimum atomic E-state index is 0.678.